The van der Waals surface area contributed by atoms with Crippen LogP contribution >= 0.6 is 11.8 Å². The van der Waals surface area contributed by atoms with E-state index in [9.17, 15) is 14.4 Å². The van der Waals surface area contributed by atoms with Crippen molar-refractivity contribution in [3.63, 3.8) is 0 Å². The molecule has 0 heterocycles. The molecule has 2 aromatic rings. The molecule has 0 bridgehead atoms. The Morgan fingerprint density at radius 2 is 1.47 bits per heavy atom. The van der Waals surface area contributed by atoms with Gasteiger partial charge in [-0.05, 0) is 53.7 Å². The van der Waals surface area contributed by atoms with Crippen LogP contribution < -0.4 is 16.2 Å². The number of hydrogen-bond acceptors (Lipinski definition) is 4. The molecule has 2 aromatic carbocycles. The Hall–Kier alpha value is -2.80. The van der Waals surface area contributed by atoms with Crippen molar-refractivity contribution < 1.29 is 14.4 Å². The predicted octanol–water partition coefficient (Wildman–Crippen LogP) is 3.30. The highest BCUT2D eigenvalue weighted by Gasteiger charge is 2.22. The van der Waals surface area contributed by atoms with Gasteiger partial charge in [0, 0.05) is 11.1 Å². The molecular formula is C23H29N3O3S. The molecule has 160 valence electrons. The molecule has 0 unspecified atom stereocenters. The molecule has 2 rings (SSSR count). The average molecular weight is 428 g/mol. The van der Waals surface area contributed by atoms with Crippen molar-refractivity contribution in [1.29, 1.82) is 0 Å². The molecule has 1 atom stereocenters. The van der Waals surface area contributed by atoms with Crippen molar-refractivity contribution in [3.8, 4) is 0 Å². The summed E-state index contributed by atoms with van der Waals surface area (Å²) in [5.41, 5.74) is 6.88. The second kappa shape index (κ2) is 10.8. The summed E-state index contributed by atoms with van der Waals surface area (Å²) in [6.07, 6.45) is 2.37. The van der Waals surface area contributed by atoms with Crippen LogP contribution in [-0.2, 0) is 10.2 Å². The van der Waals surface area contributed by atoms with E-state index in [1.807, 2.05) is 24.5 Å². The molecule has 0 fully saturated rings. The fourth-order valence-corrected chi connectivity index (χ4v) is 3.21. The minimum Gasteiger partial charge on any atom is -0.340 e. The highest BCUT2D eigenvalue weighted by Crippen LogP contribution is 2.22. The number of nitrogens with one attached hydrogen (secondary N) is 3. The number of hydrogen-bond donors (Lipinski definition) is 3. The summed E-state index contributed by atoms with van der Waals surface area (Å²) >= 11 is 1.58. The maximum absolute atomic E-state index is 12.6. The van der Waals surface area contributed by atoms with Crippen molar-refractivity contribution >= 4 is 29.5 Å². The monoisotopic (exact) mass is 427 g/mol. The molecule has 7 heteroatoms. The van der Waals surface area contributed by atoms with Gasteiger partial charge in [-0.25, -0.2) is 0 Å². The third-order valence-electron chi connectivity index (χ3n) is 4.58. The molecule has 0 saturated carbocycles. The second-order valence-electron chi connectivity index (χ2n) is 7.94. The summed E-state index contributed by atoms with van der Waals surface area (Å²) in [5, 5.41) is 2.74. The first-order chi connectivity index (χ1) is 14.2. The number of carbonyl (C=O) groups excluding carboxylic acids is 3. The van der Waals surface area contributed by atoms with E-state index in [2.05, 4.69) is 36.9 Å². The molecule has 6 nitrogen and oxygen atoms in total. The Labute approximate surface area is 182 Å². The first kappa shape index (κ1) is 23.5. The lowest BCUT2D eigenvalue weighted by Crippen LogP contribution is -2.52. The van der Waals surface area contributed by atoms with E-state index in [-0.39, 0.29) is 11.3 Å². The van der Waals surface area contributed by atoms with Crippen molar-refractivity contribution in [2.24, 2.45) is 0 Å². The van der Waals surface area contributed by atoms with Crippen LogP contribution in [0.2, 0.25) is 0 Å². The van der Waals surface area contributed by atoms with E-state index in [0.29, 0.717) is 23.3 Å². The van der Waals surface area contributed by atoms with E-state index < -0.39 is 17.9 Å². The van der Waals surface area contributed by atoms with Gasteiger partial charge in [-0.3, -0.25) is 25.2 Å². The van der Waals surface area contributed by atoms with Crippen LogP contribution in [0, 0.1) is 0 Å². The zero-order valence-corrected chi connectivity index (χ0v) is 18.6. The average Bonchev–Trinajstić information content (AvgIpc) is 2.74. The summed E-state index contributed by atoms with van der Waals surface area (Å²) in [5.74, 6) is -0.522. The summed E-state index contributed by atoms with van der Waals surface area (Å²) in [6.45, 7) is 6.29. The first-order valence-corrected chi connectivity index (χ1v) is 11.2. The minimum atomic E-state index is -0.756. The van der Waals surface area contributed by atoms with E-state index in [0.717, 1.165) is 5.56 Å². The third-order valence-corrected chi connectivity index (χ3v) is 5.22. The van der Waals surface area contributed by atoms with Crippen LogP contribution in [0.3, 0.4) is 0 Å². The van der Waals surface area contributed by atoms with E-state index in [1.165, 1.54) is 0 Å². The molecule has 0 aliphatic rings. The van der Waals surface area contributed by atoms with Crippen molar-refractivity contribution in [2.75, 3.05) is 12.0 Å². The van der Waals surface area contributed by atoms with Crippen molar-refractivity contribution in [3.05, 3.63) is 71.3 Å². The van der Waals surface area contributed by atoms with Gasteiger partial charge in [0.1, 0.15) is 6.04 Å². The molecule has 0 spiro atoms. The molecule has 0 saturated heterocycles. The van der Waals surface area contributed by atoms with Crippen LogP contribution in [0.4, 0.5) is 0 Å². The Morgan fingerprint density at radius 1 is 0.867 bits per heavy atom. The smallest absolute Gasteiger partial charge is 0.269 e. The number of hydrazine groups is 1. The second-order valence-corrected chi connectivity index (χ2v) is 8.93. The highest BCUT2D eigenvalue weighted by molar-refractivity contribution is 7.98. The molecule has 3 N–H and O–H groups in total. The number of benzene rings is 2. The fraction of sp³-hybridized carbons (Fsp3) is 0.348. The summed E-state index contributed by atoms with van der Waals surface area (Å²) in [4.78, 5) is 37.4. The molecule has 0 radical (unpaired) electrons. The minimum absolute atomic E-state index is 0.00923. The Kier molecular flexibility index (Phi) is 8.47. The van der Waals surface area contributed by atoms with Gasteiger partial charge in [-0.1, -0.05) is 51.1 Å². The molecular weight excluding hydrogens is 398 g/mol. The first-order valence-electron chi connectivity index (χ1n) is 9.78. The number of rotatable bonds is 7. The van der Waals surface area contributed by atoms with Gasteiger partial charge in [0.25, 0.3) is 17.7 Å². The van der Waals surface area contributed by atoms with E-state index in [4.69, 9.17) is 0 Å². The van der Waals surface area contributed by atoms with E-state index in [1.54, 1.807) is 48.2 Å². The SMILES string of the molecule is CSCC[C@@H](NC(=O)c1ccccc1)C(=O)NNC(=O)c1ccc(C(C)(C)C)cc1. The van der Waals surface area contributed by atoms with Gasteiger partial charge in [0.15, 0.2) is 0 Å². The van der Waals surface area contributed by atoms with Gasteiger partial charge >= 0.3 is 0 Å². The standard InChI is InChI=1S/C23H29N3O3S/c1-23(2,3)18-12-10-17(11-13-18)21(28)25-26-22(29)19(14-15-30-4)24-20(27)16-8-6-5-7-9-16/h5-13,19H,14-15H2,1-4H3,(H,24,27)(H,25,28)(H,26,29)/t19-/m1/s1. The van der Waals surface area contributed by atoms with Crippen molar-refractivity contribution in [1.82, 2.24) is 16.2 Å². The van der Waals surface area contributed by atoms with Crippen LogP contribution in [0.25, 0.3) is 0 Å². The lowest BCUT2D eigenvalue weighted by molar-refractivity contribution is -0.123. The quantitative estimate of drug-likeness (QED) is 0.592. The number of amides is 3. The number of carbonyl (C=O) groups is 3. The van der Waals surface area contributed by atoms with Gasteiger partial charge in [0.2, 0.25) is 0 Å². The molecule has 3 amide bonds. The van der Waals surface area contributed by atoms with Crippen LogP contribution in [-0.4, -0.2) is 35.8 Å². The lowest BCUT2D eigenvalue weighted by atomic mass is 9.87. The molecule has 0 aliphatic carbocycles. The topological polar surface area (TPSA) is 87.3 Å². The zero-order valence-electron chi connectivity index (χ0n) is 17.8. The summed E-state index contributed by atoms with van der Waals surface area (Å²) in [7, 11) is 0. The Balaban J connectivity index is 1.97. The predicted molar refractivity (Wildman–Crippen MR) is 121 cm³/mol. The van der Waals surface area contributed by atoms with Gasteiger partial charge in [-0.15, -0.1) is 0 Å². The normalized spacial score (nSPS) is 12.0. The molecule has 30 heavy (non-hydrogen) atoms. The number of thioether (sulfide) groups is 1. The maximum atomic E-state index is 12.6. The van der Waals surface area contributed by atoms with Crippen LogP contribution in [0.15, 0.2) is 54.6 Å². The van der Waals surface area contributed by atoms with E-state index >= 15 is 0 Å². The molecule has 0 aliphatic heterocycles. The molecule has 0 aromatic heterocycles. The van der Waals surface area contributed by atoms with Crippen LogP contribution in [0.1, 0.15) is 53.5 Å². The largest absolute Gasteiger partial charge is 0.340 e. The van der Waals surface area contributed by atoms with Gasteiger partial charge < -0.3 is 5.32 Å². The Bertz CT molecular complexity index is 862. The highest BCUT2D eigenvalue weighted by atomic mass is 32.2. The third kappa shape index (κ3) is 6.91. The lowest BCUT2D eigenvalue weighted by Gasteiger charge is -2.20. The van der Waals surface area contributed by atoms with Crippen LogP contribution in [0.5, 0.6) is 0 Å². The zero-order chi connectivity index (χ0) is 22.1. The fourth-order valence-electron chi connectivity index (χ4n) is 2.73. The van der Waals surface area contributed by atoms with Gasteiger partial charge in [0.05, 0.1) is 0 Å². The summed E-state index contributed by atoms with van der Waals surface area (Å²) < 4.78 is 0. The van der Waals surface area contributed by atoms with Crippen molar-refractivity contribution in [2.45, 2.75) is 38.6 Å². The van der Waals surface area contributed by atoms with Gasteiger partial charge in [-0.2, -0.15) is 11.8 Å². The maximum Gasteiger partial charge on any atom is 0.269 e. The summed E-state index contributed by atoms with van der Waals surface area (Å²) in [6, 6.07) is 15.2. The Morgan fingerprint density at radius 3 is 2.03 bits per heavy atom.